The number of hydrogen-bond acceptors (Lipinski definition) is 4. The number of aliphatic hydroxyl groups excluding tert-OH is 1. The first kappa shape index (κ1) is 14.6. The summed E-state index contributed by atoms with van der Waals surface area (Å²) >= 11 is 0. The third kappa shape index (κ3) is 3.26. The molecule has 3 N–H and O–H groups in total. The van der Waals surface area contributed by atoms with E-state index in [-0.39, 0.29) is 12.1 Å². The molecule has 0 spiro atoms. The van der Waals surface area contributed by atoms with Crippen LogP contribution >= 0.6 is 0 Å². The summed E-state index contributed by atoms with van der Waals surface area (Å²) in [7, 11) is 0. The fraction of sp³-hybridized carbons (Fsp3) is 0.444. The van der Waals surface area contributed by atoms with E-state index in [4.69, 9.17) is 10.8 Å². The van der Waals surface area contributed by atoms with Crippen LogP contribution in [0.1, 0.15) is 23.2 Å². The van der Waals surface area contributed by atoms with Crippen LogP contribution in [0.2, 0.25) is 0 Å². The second kappa shape index (κ2) is 5.44. The van der Waals surface area contributed by atoms with Gasteiger partial charge in [-0.1, -0.05) is 0 Å². The topological polar surface area (TPSA) is 68.4 Å². The SMILES string of the molecule is NCc1cnc(C(F)F)c(OC(F)(F)F)c1CO. The summed E-state index contributed by atoms with van der Waals surface area (Å²) in [4.78, 5) is 3.18. The van der Waals surface area contributed by atoms with Gasteiger partial charge in [0.25, 0.3) is 6.43 Å². The number of aromatic nitrogens is 1. The van der Waals surface area contributed by atoms with Crippen molar-refractivity contribution in [1.29, 1.82) is 0 Å². The molecule has 0 atom stereocenters. The second-order valence-corrected chi connectivity index (χ2v) is 3.19. The smallest absolute Gasteiger partial charge is 0.403 e. The third-order valence-corrected chi connectivity index (χ3v) is 2.06. The maximum atomic E-state index is 12.5. The Kier molecular flexibility index (Phi) is 4.41. The molecule has 18 heavy (non-hydrogen) atoms. The van der Waals surface area contributed by atoms with Gasteiger partial charge in [-0.05, 0) is 5.56 Å². The highest BCUT2D eigenvalue weighted by Gasteiger charge is 2.35. The molecule has 0 fully saturated rings. The van der Waals surface area contributed by atoms with E-state index in [1.54, 1.807) is 0 Å². The zero-order valence-electron chi connectivity index (χ0n) is 8.84. The number of rotatable bonds is 4. The molecular formula is C9H9F5N2O2. The van der Waals surface area contributed by atoms with Gasteiger partial charge in [0.1, 0.15) is 5.69 Å². The average Bonchev–Trinajstić information content (AvgIpc) is 2.25. The van der Waals surface area contributed by atoms with Crippen LogP contribution in [0, 0.1) is 0 Å². The van der Waals surface area contributed by atoms with Crippen molar-refractivity contribution in [2.24, 2.45) is 5.73 Å². The summed E-state index contributed by atoms with van der Waals surface area (Å²) in [5, 5.41) is 8.96. The molecule has 1 heterocycles. The van der Waals surface area contributed by atoms with Crippen LogP contribution < -0.4 is 10.5 Å². The number of hydrogen-bond donors (Lipinski definition) is 2. The van der Waals surface area contributed by atoms with Crippen LogP contribution in [0.25, 0.3) is 0 Å². The lowest BCUT2D eigenvalue weighted by Gasteiger charge is -2.17. The van der Waals surface area contributed by atoms with E-state index in [0.717, 1.165) is 6.20 Å². The van der Waals surface area contributed by atoms with E-state index in [0.29, 0.717) is 0 Å². The number of ether oxygens (including phenoxy) is 1. The highest BCUT2D eigenvalue weighted by molar-refractivity contribution is 5.42. The Balaban J connectivity index is 3.38. The maximum absolute atomic E-state index is 12.5. The Morgan fingerprint density at radius 2 is 2.00 bits per heavy atom. The van der Waals surface area contributed by atoms with Crippen molar-refractivity contribution < 1.29 is 31.8 Å². The van der Waals surface area contributed by atoms with Gasteiger partial charge in [0.2, 0.25) is 0 Å². The van der Waals surface area contributed by atoms with Gasteiger partial charge in [-0.25, -0.2) is 8.78 Å². The molecule has 0 bridgehead atoms. The van der Waals surface area contributed by atoms with E-state index >= 15 is 0 Å². The molecule has 9 heteroatoms. The van der Waals surface area contributed by atoms with Crippen molar-refractivity contribution in [2.75, 3.05) is 0 Å². The molecule has 0 radical (unpaired) electrons. The van der Waals surface area contributed by atoms with Crippen molar-refractivity contribution in [3.63, 3.8) is 0 Å². The van der Waals surface area contributed by atoms with Gasteiger partial charge in [-0.3, -0.25) is 4.98 Å². The fourth-order valence-corrected chi connectivity index (χ4v) is 1.32. The summed E-state index contributed by atoms with van der Waals surface area (Å²) in [6, 6.07) is 0. The molecule has 0 saturated heterocycles. The first-order valence-electron chi connectivity index (χ1n) is 4.65. The molecule has 1 aromatic rings. The second-order valence-electron chi connectivity index (χ2n) is 3.19. The first-order chi connectivity index (χ1) is 8.30. The molecule has 0 saturated carbocycles. The number of aliphatic hydroxyl groups is 1. The minimum absolute atomic E-state index is 0.00106. The maximum Gasteiger partial charge on any atom is 0.573 e. The van der Waals surface area contributed by atoms with E-state index in [9.17, 15) is 22.0 Å². The van der Waals surface area contributed by atoms with Crippen LogP contribution in [0.15, 0.2) is 6.20 Å². The molecule has 0 amide bonds. The van der Waals surface area contributed by atoms with Crippen molar-refractivity contribution in [2.45, 2.75) is 25.9 Å². The average molecular weight is 272 g/mol. The van der Waals surface area contributed by atoms with E-state index in [1.807, 2.05) is 0 Å². The highest BCUT2D eigenvalue weighted by atomic mass is 19.4. The van der Waals surface area contributed by atoms with Crippen LogP contribution in [0.3, 0.4) is 0 Å². The third-order valence-electron chi connectivity index (χ3n) is 2.06. The van der Waals surface area contributed by atoms with E-state index < -0.39 is 36.4 Å². The lowest BCUT2D eigenvalue weighted by Crippen LogP contribution is -2.21. The van der Waals surface area contributed by atoms with E-state index in [1.165, 1.54) is 0 Å². The normalized spacial score (nSPS) is 12.0. The Morgan fingerprint density at radius 1 is 1.39 bits per heavy atom. The van der Waals surface area contributed by atoms with Gasteiger partial charge in [0, 0.05) is 18.3 Å². The number of halogens is 5. The lowest BCUT2D eigenvalue weighted by molar-refractivity contribution is -0.275. The van der Waals surface area contributed by atoms with Gasteiger partial charge in [-0.2, -0.15) is 0 Å². The monoisotopic (exact) mass is 272 g/mol. The number of alkyl halides is 5. The molecule has 1 aromatic heterocycles. The standard InChI is InChI=1S/C9H9F5N2O2/c10-8(11)6-7(18-9(12,13)14)5(3-17)4(1-15)2-16-6/h2,8,17H,1,3,15H2. The minimum atomic E-state index is -5.16. The van der Waals surface area contributed by atoms with Crippen LogP contribution in [-0.2, 0) is 13.2 Å². The molecule has 0 aromatic carbocycles. The molecule has 0 aliphatic heterocycles. The van der Waals surface area contributed by atoms with Crippen molar-refractivity contribution in [1.82, 2.24) is 4.98 Å². The van der Waals surface area contributed by atoms with Gasteiger partial charge >= 0.3 is 6.36 Å². The Labute approximate surface area is 98.2 Å². The summed E-state index contributed by atoms with van der Waals surface area (Å²) in [5.74, 6) is -1.19. The van der Waals surface area contributed by atoms with Gasteiger partial charge < -0.3 is 15.6 Å². The zero-order valence-corrected chi connectivity index (χ0v) is 8.84. The molecular weight excluding hydrogens is 263 g/mol. The quantitative estimate of drug-likeness (QED) is 0.821. The minimum Gasteiger partial charge on any atom is -0.403 e. The molecule has 1 rings (SSSR count). The largest absolute Gasteiger partial charge is 0.573 e. The number of pyridine rings is 1. The summed E-state index contributed by atoms with van der Waals surface area (Å²) in [5.41, 5.74) is 3.58. The Morgan fingerprint density at radius 3 is 2.39 bits per heavy atom. The Bertz CT molecular complexity index is 422. The van der Waals surface area contributed by atoms with Gasteiger partial charge in [-0.15, -0.1) is 13.2 Å². The van der Waals surface area contributed by atoms with Gasteiger partial charge in [0.15, 0.2) is 5.75 Å². The molecule has 0 aliphatic rings. The number of nitrogens with two attached hydrogens (primary N) is 1. The van der Waals surface area contributed by atoms with Crippen LogP contribution in [0.4, 0.5) is 22.0 Å². The number of nitrogens with zero attached hydrogens (tertiary/aromatic N) is 1. The van der Waals surface area contributed by atoms with E-state index in [2.05, 4.69) is 9.72 Å². The summed E-state index contributed by atoms with van der Waals surface area (Å²) < 4.78 is 65.0. The molecule has 4 nitrogen and oxygen atoms in total. The first-order valence-corrected chi connectivity index (χ1v) is 4.65. The molecule has 0 unspecified atom stereocenters. The molecule has 0 aliphatic carbocycles. The Hall–Kier alpha value is -1.48. The lowest BCUT2D eigenvalue weighted by atomic mass is 10.1. The van der Waals surface area contributed by atoms with Crippen molar-refractivity contribution >= 4 is 0 Å². The molecule has 102 valence electrons. The predicted molar refractivity (Wildman–Crippen MR) is 49.7 cm³/mol. The van der Waals surface area contributed by atoms with Gasteiger partial charge in [0.05, 0.1) is 6.61 Å². The van der Waals surface area contributed by atoms with Crippen molar-refractivity contribution in [3.05, 3.63) is 23.0 Å². The summed E-state index contributed by atoms with van der Waals surface area (Å²) in [6.45, 7) is -1.18. The van der Waals surface area contributed by atoms with Crippen molar-refractivity contribution in [3.8, 4) is 5.75 Å². The highest BCUT2D eigenvalue weighted by Crippen LogP contribution is 2.35. The fourth-order valence-electron chi connectivity index (χ4n) is 1.32. The summed E-state index contributed by atoms with van der Waals surface area (Å²) in [6.07, 6.45) is -7.54. The zero-order chi connectivity index (χ0) is 13.9. The van der Waals surface area contributed by atoms with Crippen LogP contribution in [-0.4, -0.2) is 16.5 Å². The predicted octanol–water partition coefficient (Wildman–Crippen LogP) is 1.87. The van der Waals surface area contributed by atoms with Crippen LogP contribution in [0.5, 0.6) is 5.75 Å².